The van der Waals surface area contributed by atoms with E-state index in [-0.39, 0.29) is 11.9 Å². The van der Waals surface area contributed by atoms with Crippen LogP contribution >= 0.6 is 11.6 Å². The summed E-state index contributed by atoms with van der Waals surface area (Å²) in [4.78, 5) is 12.8. The second kappa shape index (κ2) is 8.84. The number of hydrogen-bond donors (Lipinski definition) is 1. The van der Waals surface area contributed by atoms with Gasteiger partial charge in [0.2, 0.25) is 0 Å². The van der Waals surface area contributed by atoms with Gasteiger partial charge < -0.3 is 10.1 Å². The van der Waals surface area contributed by atoms with Crippen molar-refractivity contribution >= 4 is 17.5 Å². The molecule has 3 rings (SSSR count). The number of carbonyl (C=O) groups is 1. The zero-order chi connectivity index (χ0) is 19.2. The summed E-state index contributed by atoms with van der Waals surface area (Å²) in [5.74, 6) is -0.177. The largest absolute Gasteiger partial charge is 0.383 e. The molecule has 1 heterocycles. The van der Waals surface area contributed by atoms with Gasteiger partial charge in [-0.25, -0.2) is 0 Å². The van der Waals surface area contributed by atoms with Crippen molar-refractivity contribution in [2.75, 3.05) is 13.7 Å². The summed E-state index contributed by atoms with van der Waals surface area (Å²) >= 11 is 6.00. The SMILES string of the molecule is COCC(C)NC(=O)c1cn(Cc2ccccc2)nc1-c1ccc(Cl)cc1. The molecule has 0 radical (unpaired) electrons. The molecule has 140 valence electrons. The highest BCUT2D eigenvalue weighted by molar-refractivity contribution is 6.30. The molecule has 0 aliphatic heterocycles. The lowest BCUT2D eigenvalue weighted by Gasteiger charge is -2.12. The van der Waals surface area contributed by atoms with Crippen LogP contribution in [0.2, 0.25) is 5.02 Å². The second-order valence-corrected chi connectivity index (χ2v) is 6.85. The predicted octanol–water partition coefficient (Wildman–Crippen LogP) is 4.02. The van der Waals surface area contributed by atoms with Gasteiger partial charge in [0, 0.05) is 29.9 Å². The maximum atomic E-state index is 12.8. The van der Waals surface area contributed by atoms with Crippen molar-refractivity contribution in [3.05, 3.63) is 76.9 Å². The Hall–Kier alpha value is -2.63. The third-order valence-corrected chi connectivity index (χ3v) is 4.36. The fourth-order valence-corrected chi connectivity index (χ4v) is 2.98. The first-order valence-corrected chi connectivity index (χ1v) is 9.11. The number of aromatic nitrogens is 2. The van der Waals surface area contributed by atoms with Crippen molar-refractivity contribution in [3.8, 4) is 11.3 Å². The minimum absolute atomic E-state index is 0.0990. The highest BCUT2D eigenvalue weighted by atomic mass is 35.5. The van der Waals surface area contributed by atoms with Crippen molar-refractivity contribution in [3.63, 3.8) is 0 Å². The highest BCUT2D eigenvalue weighted by Crippen LogP contribution is 2.24. The molecule has 2 aromatic carbocycles. The van der Waals surface area contributed by atoms with Gasteiger partial charge in [0.05, 0.1) is 18.7 Å². The zero-order valence-electron chi connectivity index (χ0n) is 15.4. The van der Waals surface area contributed by atoms with Crippen molar-refractivity contribution < 1.29 is 9.53 Å². The highest BCUT2D eigenvalue weighted by Gasteiger charge is 2.19. The van der Waals surface area contributed by atoms with E-state index in [4.69, 9.17) is 16.3 Å². The van der Waals surface area contributed by atoms with E-state index in [1.165, 1.54) is 0 Å². The maximum Gasteiger partial charge on any atom is 0.255 e. The minimum atomic E-state index is -0.177. The summed E-state index contributed by atoms with van der Waals surface area (Å²) in [5.41, 5.74) is 3.11. The standard InChI is InChI=1S/C21H22ClN3O2/c1-15(14-27-2)23-21(26)19-13-25(12-16-6-4-3-5-7-16)24-20(19)17-8-10-18(22)11-9-17/h3-11,13,15H,12,14H2,1-2H3,(H,23,26). The van der Waals surface area contributed by atoms with E-state index in [9.17, 15) is 4.79 Å². The molecule has 1 N–H and O–H groups in total. The van der Waals surface area contributed by atoms with Gasteiger partial charge in [0.25, 0.3) is 5.91 Å². The van der Waals surface area contributed by atoms with Crippen molar-refractivity contribution in [2.24, 2.45) is 0 Å². The molecule has 1 atom stereocenters. The van der Waals surface area contributed by atoms with Gasteiger partial charge in [-0.05, 0) is 24.6 Å². The van der Waals surface area contributed by atoms with E-state index >= 15 is 0 Å². The molecule has 0 aliphatic rings. The molecule has 0 bridgehead atoms. The number of benzene rings is 2. The first kappa shape index (κ1) is 19.1. The molecule has 0 saturated heterocycles. The molecule has 1 amide bonds. The van der Waals surface area contributed by atoms with Crippen LogP contribution in [0.5, 0.6) is 0 Å². The van der Waals surface area contributed by atoms with Crippen LogP contribution in [-0.2, 0) is 11.3 Å². The van der Waals surface area contributed by atoms with Gasteiger partial charge >= 0.3 is 0 Å². The van der Waals surface area contributed by atoms with E-state index < -0.39 is 0 Å². The average Bonchev–Trinajstić information content (AvgIpc) is 3.07. The van der Waals surface area contributed by atoms with E-state index in [0.717, 1.165) is 11.1 Å². The zero-order valence-corrected chi connectivity index (χ0v) is 16.1. The Morgan fingerprint density at radius 3 is 2.56 bits per heavy atom. The molecular weight excluding hydrogens is 362 g/mol. The van der Waals surface area contributed by atoms with Gasteiger partial charge in [-0.15, -0.1) is 0 Å². The molecule has 0 fully saturated rings. The molecule has 3 aromatic rings. The minimum Gasteiger partial charge on any atom is -0.383 e. The summed E-state index contributed by atoms with van der Waals surface area (Å²) in [6.07, 6.45) is 1.78. The van der Waals surface area contributed by atoms with Gasteiger partial charge in [0.1, 0.15) is 5.69 Å². The fraction of sp³-hybridized carbons (Fsp3) is 0.238. The fourth-order valence-electron chi connectivity index (χ4n) is 2.85. The molecular formula is C21H22ClN3O2. The molecule has 27 heavy (non-hydrogen) atoms. The number of hydrogen-bond acceptors (Lipinski definition) is 3. The van der Waals surface area contributed by atoms with E-state index in [2.05, 4.69) is 10.4 Å². The van der Waals surface area contributed by atoms with Crippen LogP contribution in [0.15, 0.2) is 60.8 Å². The van der Waals surface area contributed by atoms with Crippen LogP contribution in [0.4, 0.5) is 0 Å². The van der Waals surface area contributed by atoms with E-state index in [1.54, 1.807) is 30.1 Å². The molecule has 6 heteroatoms. The van der Waals surface area contributed by atoms with Crippen LogP contribution in [0, 0.1) is 0 Å². The third kappa shape index (κ3) is 4.96. The predicted molar refractivity (Wildman–Crippen MR) is 107 cm³/mol. The first-order chi connectivity index (χ1) is 13.1. The summed E-state index contributed by atoms with van der Waals surface area (Å²) < 4.78 is 6.89. The Balaban J connectivity index is 1.93. The van der Waals surface area contributed by atoms with Gasteiger partial charge in [-0.1, -0.05) is 54.1 Å². The summed E-state index contributed by atoms with van der Waals surface area (Å²) in [6, 6.07) is 17.2. The molecule has 1 unspecified atom stereocenters. The van der Waals surface area contributed by atoms with Gasteiger partial charge in [-0.2, -0.15) is 5.10 Å². The Bertz CT molecular complexity index is 892. The molecule has 0 spiro atoms. The van der Waals surface area contributed by atoms with E-state index in [0.29, 0.717) is 29.4 Å². The number of carbonyl (C=O) groups excluding carboxylic acids is 1. The van der Waals surface area contributed by atoms with Crippen molar-refractivity contribution in [1.82, 2.24) is 15.1 Å². The second-order valence-electron chi connectivity index (χ2n) is 6.41. The smallest absolute Gasteiger partial charge is 0.255 e. The number of nitrogens with zero attached hydrogens (tertiary/aromatic N) is 2. The normalized spacial score (nSPS) is 12.0. The third-order valence-electron chi connectivity index (χ3n) is 4.11. The Kier molecular flexibility index (Phi) is 6.27. The summed E-state index contributed by atoms with van der Waals surface area (Å²) in [6.45, 7) is 2.93. The number of halogens is 1. The molecule has 0 saturated carbocycles. The van der Waals surface area contributed by atoms with Crippen LogP contribution < -0.4 is 5.32 Å². The van der Waals surface area contributed by atoms with Gasteiger partial charge in [-0.3, -0.25) is 9.48 Å². The van der Waals surface area contributed by atoms with Crippen molar-refractivity contribution in [2.45, 2.75) is 19.5 Å². The Morgan fingerprint density at radius 1 is 1.19 bits per heavy atom. The lowest BCUT2D eigenvalue weighted by Crippen LogP contribution is -2.35. The number of rotatable bonds is 7. The monoisotopic (exact) mass is 383 g/mol. The van der Waals surface area contributed by atoms with Crippen LogP contribution in [0.1, 0.15) is 22.8 Å². The molecule has 0 aliphatic carbocycles. The quantitative estimate of drug-likeness (QED) is 0.670. The van der Waals surface area contributed by atoms with Crippen LogP contribution in [0.3, 0.4) is 0 Å². The number of amides is 1. The lowest BCUT2D eigenvalue weighted by atomic mass is 10.1. The molecule has 5 nitrogen and oxygen atoms in total. The Labute approximate surface area is 163 Å². The number of nitrogens with one attached hydrogen (secondary N) is 1. The lowest BCUT2D eigenvalue weighted by molar-refractivity contribution is 0.0906. The molecule has 1 aromatic heterocycles. The number of methoxy groups -OCH3 is 1. The number of ether oxygens (including phenoxy) is 1. The summed E-state index contributed by atoms with van der Waals surface area (Å²) in [7, 11) is 1.61. The van der Waals surface area contributed by atoms with Crippen LogP contribution in [0.25, 0.3) is 11.3 Å². The van der Waals surface area contributed by atoms with Crippen molar-refractivity contribution in [1.29, 1.82) is 0 Å². The first-order valence-electron chi connectivity index (χ1n) is 8.74. The average molecular weight is 384 g/mol. The topological polar surface area (TPSA) is 56.1 Å². The van der Waals surface area contributed by atoms with E-state index in [1.807, 2.05) is 49.4 Å². The van der Waals surface area contributed by atoms with Gasteiger partial charge in [0.15, 0.2) is 0 Å². The maximum absolute atomic E-state index is 12.8. The summed E-state index contributed by atoms with van der Waals surface area (Å²) in [5, 5.41) is 8.25. The van der Waals surface area contributed by atoms with Crippen LogP contribution in [-0.4, -0.2) is 35.4 Å². The Morgan fingerprint density at radius 2 is 1.89 bits per heavy atom.